The van der Waals surface area contributed by atoms with Gasteiger partial charge in [0.05, 0.1) is 0 Å². The summed E-state index contributed by atoms with van der Waals surface area (Å²) in [7, 11) is 0. The molecule has 0 aliphatic heterocycles. The lowest BCUT2D eigenvalue weighted by atomic mass is 10.1. The number of halogens is 3. The summed E-state index contributed by atoms with van der Waals surface area (Å²) < 4.78 is 13.5. The number of nitrogens with one attached hydrogen (secondary N) is 1. The third kappa shape index (κ3) is 4.20. The molecule has 2 aromatic carbocycles. The molecule has 0 aliphatic rings. The van der Waals surface area contributed by atoms with Crippen molar-refractivity contribution < 1.29 is 4.39 Å². The van der Waals surface area contributed by atoms with E-state index in [2.05, 4.69) is 5.32 Å². The lowest BCUT2D eigenvalue weighted by Crippen LogP contribution is -2.17. The Morgan fingerprint density at radius 2 is 1.74 bits per heavy atom. The summed E-state index contributed by atoms with van der Waals surface area (Å²) in [6, 6.07) is 12.4. The SMILES string of the molecule is Fc1cccc(Cl)c1CNCCc1ccc(Cl)cc1. The van der Waals surface area contributed by atoms with Crippen molar-refractivity contribution in [1.29, 1.82) is 0 Å². The van der Waals surface area contributed by atoms with E-state index in [9.17, 15) is 4.39 Å². The summed E-state index contributed by atoms with van der Waals surface area (Å²) in [4.78, 5) is 0. The second-order valence-corrected chi connectivity index (χ2v) is 5.10. The summed E-state index contributed by atoms with van der Waals surface area (Å²) in [5.41, 5.74) is 1.71. The van der Waals surface area contributed by atoms with Gasteiger partial charge in [-0.2, -0.15) is 0 Å². The van der Waals surface area contributed by atoms with Crippen LogP contribution in [0.15, 0.2) is 42.5 Å². The molecular weight excluding hydrogens is 284 g/mol. The van der Waals surface area contributed by atoms with Crippen LogP contribution in [-0.2, 0) is 13.0 Å². The third-order valence-corrected chi connectivity index (χ3v) is 3.47. The highest BCUT2D eigenvalue weighted by molar-refractivity contribution is 6.31. The molecule has 0 amide bonds. The number of benzene rings is 2. The average Bonchev–Trinajstić information content (AvgIpc) is 2.39. The van der Waals surface area contributed by atoms with Crippen molar-refractivity contribution in [3.63, 3.8) is 0 Å². The highest BCUT2D eigenvalue weighted by Gasteiger charge is 2.05. The molecule has 0 aliphatic carbocycles. The van der Waals surface area contributed by atoms with Crippen LogP contribution in [0.3, 0.4) is 0 Å². The van der Waals surface area contributed by atoms with E-state index in [1.165, 1.54) is 11.6 Å². The molecule has 4 heteroatoms. The average molecular weight is 298 g/mol. The molecule has 0 unspecified atom stereocenters. The topological polar surface area (TPSA) is 12.0 Å². The van der Waals surface area contributed by atoms with Crippen molar-refractivity contribution in [2.24, 2.45) is 0 Å². The molecule has 0 saturated carbocycles. The summed E-state index contributed by atoms with van der Waals surface area (Å²) in [5, 5.41) is 4.38. The van der Waals surface area contributed by atoms with Crippen LogP contribution in [0.5, 0.6) is 0 Å². The van der Waals surface area contributed by atoms with Gasteiger partial charge in [-0.1, -0.05) is 41.4 Å². The first-order valence-corrected chi connectivity index (χ1v) is 6.80. The molecule has 0 fully saturated rings. The Kier molecular flexibility index (Phi) is 5.20. The minimum Gasteiger partial charge on any atom is -0.312 e. The molecule has 0 bridgehead atoms. The summed E-state index contributed by atoms with van der Waals surface area (Å²) in [5.74, 6) is -0.272. The van der Waals surface area contributed by atoms with Gasteiger partial charge in [0.1, 0.15) is 5.82 Å². The summed E-state index contributed by atoms with van der Waals surface area (Å²) in [6.07, 6.45) is 0.864. The maximum Gasteiger partial charge on any atom is 0.129 e. The molecule has 0 heterocycles. The van der Waals surface area contributed by atoms with Gasteiger partial charge in [0, 0.05) is 22.2 Å². The minimum atomic E-state index is -0.272. The molecule has 0 radical (unpaired) electrons. The molecule has 1 N–H and O–H groups in total. The maximum absolute atomic E-state index is 13.5. The second kappa shape index (κ2) is 6.90. The Labute approximate surface area is 122 Å². The largest absolute Gasteiger partial charge is 0.312 e. The van der Waals surface area contributed by atoms with Gasteiger partial charge in [0.15, 0.2) is 0 Å². The fourth-order valence-electron chi connectivity index (χ4n) is 1.80. The zero-order chi connectivity index (χ0) is 13.7. The van der Waals surface area contributed by atoms with Crippen LogP contribution in [0.25, 0.3) is 0 Å². The van der Waals surface area contributed by atoms with Crippen LogP contribution < -0.4 is 5.32 Å². The molecule has 0 aromatic heterocycles. The zero-order valence-electron chi connectivity index (χ0n) is 10.3. The Morgan fingerprint density at radius 1 is 1.00 bits per heavy atom. The normalized spacial score (nSPS) is 10.7. The van der Waals surface area contributed by atoms with Crippen LogP contribution in [0.1, 0.15) is 11.1 Å². The molecule has 2 aromatic rings. The smallest absolute Gasteiger partial charge is 0.129 e. The van der Waals surface area contributed by atoms with E-state index >= 15 is 0 Å². The van der Waals surface area contributed by atoms with Crippen LogP contribution >= 0.6 is 23.2 Å². The molecule has 0 saturated heterocycles. The predicted octanol–water partition coefficient (Wildman–Crippen LogP) is 4.46. The van der Waals surface area contributed by atoms with E-state index in [1.807, 2.05) is 24.3 Å². The van der Waals surface area contributed by atoms with Gasteiger partial charge in [-0.15, -0.1) is 0 Å². The highest BCUT2D eigenvalue weighted by Crippen LogP contribution is 2.18. The van der Waals surface area contributed by atoms with Crippen molar-refractivity contribution >= 4 is 23.2 Å². The van der Waals surface area contributed by atoms with Gasteiger partial charge in [-0.05, 0) is 42.8 Å². The summed E-state index contributed by atoms with van der Waals surface area (Å²) in [6.45, 7) is 1.19. The van der Waals surface area contributed by atoms with Gasteiger partial charge in [0.2, 0.25) is 0 Å². The molecule has 1 nitrogen and oxygen atoms in total. The first-order valence-electron chi connectivity index (χ1n) is 6.05. The molecule has 0 spiro atoms. The van der Waals surface area contributed by atoms with Crippen molar-refractivity contribution in [3.8, 4) is 0 Å². The quantitative estimate of drug-likeness (QED) is 0.803. The monoisotopic (exact) mass is 297 g/mol. The Balaban J connectivity index is 1.82. The first kappa shape index (κ1) is 14.3. The van der Waals surface area contributed by atoms with Gasteiger partial charge in [0.25, 0.3) is 0 Å². The maximum atomic E-state index is 13.5. The van der Waals surface area contributed by atoms with Crippen LogP contribution in [0, 0.1) is 5.82 Å². The Bertz CT molecular complexity index is 520. The van der Waals surface area contributed by atoms with Gasteiger partial charge in [-0.25, -0.2) is 4.39 Å². The number of rotatable bonds is 5. The van der Waals surface area contributed by atoms with Crippen molar-refractivity contribution in [1.82, 2.24) is 5.32 Å². The molecule has 2 rings (SSSR count). The third-order valence-electron chi connectivity index (χ3n) is 2.87. The highest BCUT2D eigenvalue weighted by atomic mass is 35.5. The minimum absolute atomic E-state index is 0.272. The van der Waals surface area contributed by atoms with E-state index < -0.39 is 0 Å². The van der Waals surface area contributed by atoms with E-state index in [0.717, 1.165) is 18.0 Å². The Morgan fingerprint density at radius 3 is 2.42 bits per heavy atom. The van der Waals surface area contributed by atoms with E-state index in [0.29, 0.717) is 17.1 Å². The lowest BCUT2D eigenvalue weighted by molar-refractivity contribution is 0.588. The fraction of sp³-hybridized carbons (Fsp3) is 0.200. The van der Waals surface area contributed by atoms with Crippen molar-refractivity contribution in [2.45, 2.75) is 13.0 Å². The fourth-order valence-corrected chi connectivity index (χ4v) is 2.15. The molecule has 100 valence electrons. The van der Waals surface area contributed by atoms with Crippen molar-refractivity contribution in [2.75, 3.05) is 6.54 Å². The van der Waals surface area contributed by atoms with Crippen LogP contribution in [0.2, 0.25) is 10.0 Å². The second-order valence-electron chi connectivity index (χ2n) is 4.25. The number of hydrogen-bond donors (Lipinski definition) is 1. The molecular formula is C15H14Cl2FN. The van der Waals surface area contributed by atoms with E-state index in [-0.39, 0.29) is 5.82 Å². The van der Waals surface area contributed by atoms with Crippen LogP contribution in [0.4, 0.5) is 4.39 Å². The molecule has 0 atom stereocenters. The van der Waals surface area contributed by atoms with E-state index in [4.69, 9.17) is 23.2 Å². The van der Waals surface area contributed by atoms with Gasteiger partial charge < -0.3 is 5.32 Å². The molecule has 19 heavy (non-hydrogen) atoms. The van der Waals surface area contributed by atoms with Gasteiger partial charge in [-0.3, -0.25) is 0 Å². The van der Waals surface area contributed by atoms with E-state index in [1.54, 1.807) is 12.1 Å². The van der Waals surface area contributed by atoms with Gasteiger partial charge >= 0.3 is 0 Å². The zero-order valence-corrected chi connectivity index (χ0v) is 11.8. The van der Waals surface area contributed by atoms with Crippen molar-refractivity contribution in [3.05, 3.63) is 69.5 Å². The summed E-state index contributed by atoms with van der Waals surface area (Å²) >= 11 is 11.8. The number of hydrogen-bond acceptors (Lipinski definition) is 1. The predicted molar refractivity (Wildman–Crippen MR) is 78.3 cm³/mol. The standard InChI is InChI=1S/C15H14Cl2FN/c16-12-6-4-11(5-7-12)8-9-19-10-13-14(17)2-1-3-15(13)18/h1-7,19H,8-10H2. The lowest BCUT2D eigenvalue weighted by Gasteiger charge is -2.08. The van der Waals surface area contributed by atoms with Crippen LogP contribution in [-0.4, -0.2) is 6.54 Å². The first-order chi connectivity index (χ1) is 9.16. The Hall–Kier alpha value is -1.09.